The van der Waals surface area contributed by atoms with Gasteiger partial charge in [-0.05, 0) is 50.1 Å². The van der Waals surface area contributed by atoms with Crippen LogP contribution in [0.3, 0.4) is 0 Å². The van der Waals surface area contributed by atoms with Crippen molar-refractivity contribution in [2.24, 2.45) is 5.92 Å². The molecule has 0 spiro atoms. The number of piperidine rings is 1. The fourth-order valence-corrected chi connectivity index (χ4v) is 2.82. The molecule has 1 heterocycles. The third kappa shape index (κ3) is 2.89. The topological polar surface area (TPSA) is 52.6 Å². The van der Waals surface area contributed by atoms with Crippen molar-refractivity contribution < 1.29 is 9.90 Å². The molecule has 104 valence electrons. The third-order valence-corrected chi connectivity index (χ3v) is 4.00. The van der Waals surface area contributed by atoms with E-state index in [1.807, 2.05) is 18.9 Å². The molecule has 2 N–H and O–H groups in total. The SMILES string of the molecule is CNC1CCN(C(=O)c2ccc(O)cc2C)CC1C. The maximum absolute atomic E-state index is 12.5. The number of phenols is 1. The fraction of sp³-hybridized carbons (Fsp3) is 0.533. The Labute approximate surface area is 114 Å². The summed E-state index contributed by atoms with van der Waals surface area (Å²) in [5.74, 6) is 0.732. The van der Waals surface area contributed by atoms with Crippen LogP contribution in [0.5, 0.6) is 5.75 Å². The van der Waals surface area contributed by atoms with Gasteiger partial charge in [-0.1, -0.05) is 6.92 Å². The number of aromatic hydroxyl groups is 1. The summed E-state index contributed by atoms with van der Waals surface area (Å²) < 4.78 is 0. The van der Waals surface area contributed by atoms with Crippen molar-refractivity contribution in [2.75, 3.05) is 20.1 Å². The minimum absolute atomic E-state index is 0.0684. The maximum atomic E-state index is 12.5. The summed E-state index contributed by atoms with van der Waals surface area (Å²) >= 11 is 0. The number of likely N-dealkylation sites (tertiary alicyclic amines) is 1. The molecule has 1 amide bonds. The highest BCUT2D eigenvalue weighted by molar-refractivity contribution is 5.95. The van der Waals surface area contributed by atoms with E-state index in [0.717, 1.165) is 25.1 Å². The van der Waals surface area contributed by atoms with Crippen LogP contribution in [0.2, 0.25) is 0 Å². The van der Waals surface area contributed by atoms with E-state index < -0.39 is 0 Å². The minimum Gasteiger partial charge on any atom is -0.508 e. The first-order valence-electron chi connectivity index (χ1n) is 6.79. The highest BCUT2D eigenvalue weighted by Gasteiger charge is 2.28. The lowest BCUT2D eigenvalue weighted by Crippen LogP contribution is -2.49. The van der Waals surface area contributed by atoms with E-state index in [2.05, 4.69) is 12.2 Å². The summed E-state index contributed by atoms with van der Waals surface area (Å²) in [4.78, 5) is 14.4. The predicted octanol–water partition coefficient (Wildman–Crippen LogP) is 1.77. The minimum atomic E-state index is 0.0684. The Morgan fingerprint density at radius 2 is 2.21 bits per heavy atom. The second kappa shape index (κ2) is 5.61. The second-order valence-corrected chi connectivity index (χ2v) is 5.41. The molecular formula is C15H22N2O2. The number of carbonyl (C=O) groups is 1. The van der Waals surface area contributed by atoms with Gasteiger partial charge in [0.15, 0.2) is 0 Å². The molecule has 4 heteroatoms. The lowest BCUT2D eigenvalue weighted by Gasteiger charge is -2.37. The van der Waals surface area contributed by atoms with Crippen LogP contribution in [0.1, 0.15) is 29.3 Å². The molecule has 19 heavy (non-hydrogen) atoms. The quantitative estimate of drug-likeness (QED) is 0.854. The second-order valence-electron chi connectivity index (χ2n) is 5.41. The number of hydrogen-bond acceptors (Lipinski definition) is 3. The van der Waals surface area contributed by atoms with E-state index in [4.69, 9.17) is 0 Å². The number of hydrogen-bond donors (Lipinski definition) is 2. The van der Waals surface area contributed by atoms with Crippen molar-refractivity contribution in [1.29, 1.82) is 0 Å². The van der Waals surface area contributed by atoms with Gasteiger partial charge in [0.1, 0.15) is 5.75 Å². The molecule has 1 aliphatic heterocycles. The average Bonchev–Trinajstić information content (AvgIpc) is 2.38. The van der Waals surface area contributed by atoms with Crippen LogP contribution in [0.15, 0.2) is 18.2 Å². The summed E-state index contributed by atoms with van der Waals surface area (Å²) in [5.41, 5.74) is 1.52. The molecule has 4 nitrogen and oxygen atoms in total. The van der Waals surface area contributed by atoms with Gasteiger partial charge in [0.2, 0.25) is 0 Å². The van der Waals surface area contributed by atoms with Crippen LogP contribution in [0, 0.1) is 12.8 Å². The van der Waals surface area contributed by atoms with Gasteiger partial charge in [-0.3, -0.25) is 4.79 Å². The molecule has 0 saturated carbocycles. The van der Waals surface area contributed by atoms with Crippen molar-refractivity contribution in [3.63, 3.8) is 0 Å². The Kier molecular flexibility index (Phi) is 4.10. The molecule has 1 aromatic carbocycles. The van der Waals surface area contributed by atoms with E-state index in [9.17, 15) is 9.90 Å². The van der Waals surface area contributed by atoms with E-state index in [-0.39, 0.29) is 11.7 Å². The number of benzene rings is 1. The van der Waals surface area contributed by atoms with Crippen molar-refractivity contribution >= 4 is 5.91 Å². The number of aryl methyl sites for hydroxylation is 1. The van der Waals surface area contributed by atoms with Crippen molar-refractivity contribution in [2.45, 2.75) is 26.3 Å². The summed E-state index contributed by atoms with van der Waals surface area (Å²) in [7, 11) is 1.97. The largest absolute Gasteiger partial charge is 0.508 e. The molecular weight excluding hydrogens is 240 g/mol. The van der Waals surface area contributed by atoms with E-state index >= 15 is 0 Å². The normalized spacial score (nSPS) is 23.4. The predicted molar refractivity (Wildman–Crippen MR) is 75.4 cm³/mol. The van der Waals surface area contributed by atoms with E-state index in [1.54, 1.807) is 18.2 Å². The van der Waals surface area contributed by atoms with Crippen LogP contribution < -0.4 is 5.32 Å². The first kappa shape index (κ1) is 13.9. The van der Waals surface area contributed by atoms with Gasteiger partial charge in [-0.25, -0.2) is 0 Å². The molecule has 2 rings (SSSR count). The molecule has 1 aromatic rings. The number of nitrogens with zero attached hydrogens (tertiary/aromatic N) is 1. The highest BCUT2D eigenvalue weighted by Crippen LogP contribution is 2.21. The molecule has 0 radical (unpaired) electrons. The molecule has 1 saturated heterocycles. The lowest BCUT2D eigenvalue weighted by molar-refractivity contribution is 0.0648. The number of rotatable bonds is 2. The van der Waals surface area contributed by atoms with Crippen molar-refractivity contribution in [3.05, 3.63) is 29.3 Å². The van der Waals surface area contributed by atoms with Crippen LogP contribution in [0.25, 0.3) is 0 Å². The van der Waals surface area contributed by atoms with Gasteiger partial charge in [0.05, 0.1) is 0 Å². The highest BCUT2D eigenvalue weighted by atomic mass is 16.3. The Hall–Kier alpha value is -1.55. The number of amides is 1. The molecule has 0 aliphatic carbocycles. The number of phenolic OH excluding ortho intramolecular Hbond substituents is 1. The first-order valence-corrected chi connectivity index (χ1v) is 6.79. The lowest BCUT2D eigenvalue weighted by atomic mass is 9.93. The van der Waals surface area contributed by atoms with Crippen LogP contribution in [-0.4, -0.2) is 42.1 Å². The van der Waals surface area contributed by atoms with Crippen LogP contribution >= 0.6 is 0 Å². The van der Waals surface area contributed by atoms with Crippen LogP contribution in [0.4, 0.5) is 0 Å². The first-order chi connectivity index (χ1) is 9.02. The van der Waals surface area contributed by atoms with Crippen molar-refractivity contribution in [3.8, 4) is 5.75 Å². The molecule has 1 fully saturated rings. The fourth-order valence-electron chi connectivity index (χ4n) is 2.82. The summed E-state index contributed by atoms with van der Waals surface area (Å²) in [5, 5.41) is 12.7. The molecule has 0 aromatic heterocycles. The van der Waals surface area contributed by atoms with Gasteiger partial charge >= 0.3 is 0 Å². The van der Waals surface area contributed by atoms with Gasteiger partial charge in [-0.15, -0.1) is 0 Å². The smallest absolute Gasteiger partial charge is 0.254 e. The Balaban J connectivity index is 2.12. The zero-order chi connectivity index (χ0) is 14.0. The van der Waals surface area contributed by atoms with Crippen LogP contribution in [-0.2, 0) is 0 Å². The molecule has 1 aliphatic rings. The summed E-state index contributed by atoms with van der Waals surface area (Å²) in [6, 6.07) is 5.41. The Bertz CT molecular complexity index is 473. The average molecular weight is 262 g/mol. The Morgan fingerprint density at radius 3 is 2.79 bits per heavy atom. The summed E-state index contributed by atoms with van der Waals surface area (Å²) in [6.07, 6.45) is 0.987. The number of carbonyl (C=O) groups excluding carboxylic acids is 1. The number of nitrogens with one attached hydrogen (secondary N) is 1. The molecule has 2 atom stereocenters. The summed E-state index contributed by atoms with van der Waals surface area (Å²) in [6.45, 7) is 5.60. The van der Waals surface area contributed by atoms with Gasteiger partial charge in [-0.2, -0.15) is 0 Å². The molecule has 2 unspecified atom stereocenters. The van der Waals surface area contributed by atoms with Gasteiger partial charge in [0.25, 0.3) is 5.91 Å². The van der Waals surface area contributed by atoms with Gasteiger partial charge in [0, 0.05) is 24.7 Å². The van der Waals surface area contributed by atoms with E-state index in [0.29, 0.717) is 17.5 Å². The Morgan fingerprint density at radius 1 is 1.47 bits per heavy atom. The maximum Gasteiger partial charge on any atom is 0.254 e. The van der Waals surface area contributed by atoms with Crippen molar-refractivity contribution in [1.82, 2.24) is 10.2 Å². The third-order valence-electron chi connectivity index (χ3n) is 4.00. The zero-order valence-electron chi connectivity index (χ0n) is 11.8. The van der Waals surface area contributed by atoms with Gasteiger partial charge < -0.3 is 15.3 Å². The zero-order valence-corrected chi connectivity index (χ0v) is 11.8. The molecule has 0 bridgehead atoms. The standard InChI is InChI=1S/C15H22N2O2/c1-10-8-12(18)4-5-13(10)15(19)17-7-6-14(16-3)11(2)9-17/h4-5,8,11,14,16,18H,6-7,9H2,1-3H3. The monoisotopic (exact) mass is 262 g/mol. The van der Waals surface area contributed by atoms with E-state index in [1.165, 1.54) is 0 Å².